The van der Waals surface area contributed by atoms with Crippen molar-refractivity contribution in [1.82, 2.24) is 0 Å². The summed E-state index contributed by atoms with van der Waals surface area (Å²) in [7, 11) is 0. The number of aliphatic hydroxyl groups is 1. The molecule has 0 fully saturated rings. The minimum Gasteiger partial charge on any atom is -0.481 e. The summed E-state index contributed by atoms with van der Waals surface area (Å²) >= 11 is 0. The first-order valence-corrected chi connectivity index (χ1v) is 5.04. The summed E-state index contributed by atoms with van der Waals surface area (Å²) in [5, 5.41) is 18.6. The van der Waals surface area contributed by atoms with Crippen molar-refractivity contribution in [3.05, 3.63) is 35.1 Å². The molecule has 0 aliphatic heterocycles. The van der Waals surface area contributed by atoms with Gasteiger partial charge in [-0.05, 0) is 37.5 Å². The molecule has 16 heavy (non-hydrogen) atoms. The Morgan fingerprint density at radius 1 is 1.50 bits per heavy atom. The first-order chi connectivity index (χ1) is 7.33. The molecule has 88 valence electrons. The minimum atomic E-state index is -1.31. The Balaban J connectivity index is 2.88. The van der Waals surface area contributed by atoms with Gasteiger partial charge in [-0.15, -0.1) is 0 Å². The molecule has 0 aliphatic rings. The fourth-order valence-electron chi connectivity index (χ4n) is 1.42. The lowest BCUT2D eigenvalue weighted by atomic mass is 9.90. The van der Waals surface area contributed by atoms with Crippen LogP contribution in [-0.2, 0) is 10.4 Å². The van der Waals surface area contributed by atoms with E-state index >= 15 is 0 Å². The summed E-state index contributed by atoms with van der Waals surface area (Å²) in [4.78, 5) is 10.4. The minimum absolute atomic E-state index is 0.0604. The van der Waals surface area contributed by atoms with Gasteiger partial charge in [-0.1, -0.05) is 12.1 Å². The van der Waals surface area contributed by atoms with Gasteiger partial charge in [-0.25, -0.2) is 4.39 Å². The third kappa shape index (κ3) is 3.03. The second kappa shape index (κ2) is 4.61. The molecule has 3 nitrogen and oxygen atoms in total. The largest absolute Gasteiger partial charge is 0.481 e. The third-order valence-corrected chi connectivity index (χ3v) is 2.62. The van der Waals surface area contributed by atoms with E-state index in [0.717, 1.165) is 0 Å². The van der Waals surface area contributed by atoms with Crippen molar-refractivity contribution in [3.63, 3.8) is 0 Å². The van der Waals surface area contributed by atoms with Crippen LogP contribution in [0.25, 0.3) is 0 Å². The highest BCUT2D eigenvalue weighted by molar-refractivity contribution is 5.66. The third-order valence-electron chi connectivity index (χ3n) is 2.62. The highest BCUT2D eigenvalue weighted by Crippen LogP contribution is 2.27. The fraction of sp³-hybridized carbons (Fsp3) is 0.417. The maximum atomic E-state index is 13.3. The molecule has 0 aromatic heterocycles. The molecule has 1 rings (SSSR count). The van der Waals surface area contributed by atoms with Crippen molar-refractivity contribution < 1.29 is 19.4 Å². The predicted molar refractivity (Wildman–Crippen MR) is 57.6 cm³/mol. The van der Waals surface area contributed by atoms with Crippen molar-refractivity contribution in [2.24, 2.45) is 0 Å². The van der Waals surface area contributed by atoms with Crippen molar-refractivity contribution >= 4 is 5.97 Å². The van der Waals surface area contributed by atoms with Gasteiger partial charge in [-0.3, -0.25) is 4.79 Å². The number of carbonyl (C=O) groups is 1. The Hall–Kier alpha value is -1.42. The maximum Gasteiger partial charge on any atom is 0.303 e. The zero-order chi connectivity index (χ0) is 12.3. The quantitative estimate of drug-likeness (QED) is 0.827. The van der Waals surface area contributed by atoms with E-state index in [1.165, 1.54) is 13.0 Å². The normalized spacial score (nSPS) is 14.5. The summed E-state index contributed by atoms with van der Waals surface area (Å²) in [6, 6.07) is 4.43. The summed E-state index contributed by atoms with van der Waals surface area (Å²) in [6.45, 7) is 3.12. The average Bonchev–Trinajstić information content (AvgIpc) is 2.19. The Bertz CT molecular complexity index is 399. The van der Waals surface area contributed by atoms with Crippen molar-refractivity contribution in [2.75, 3.05) is 0 Å². The zero-order valence-corrected chi connectivity index (χ0v) is 9.33. The number of aliphatic carboxylic acids is 1. The van der Waals surface area contributed by atoms with Gasteiger partial charge >= 0.3 is 5.97 Å². The number of hydrogen-bond donors (Lipinski definition) is 2. The number of rotatable bonds is 4. The van der Waals surface area contributed by atoms with Crippen molar-refractivity contribution in [1.29, 1.82) is 0 Å². The molecule has 1 unspecified atom stereocenters. The van der Waals surface area contributed by atoms with Gasteiger partial charge in [0.05, 0.1) is 5.60 Å². The average molecular weight is 226 g/mol. The van der Waals surface area contributed by atoms with E-state index in [0.29, 0.717) is 11.1 Å². The van der Waals surface area contributed by atoms with Gasteiger partial charge in [0, 0.05) is 6.42 Å². The Morgan fingerprint density at radius 2 is 2.12 bits per heavy atom. The first-order valence-electron chi connectivity index (χ1n) is 5.04. The van der Waals surface area contributed by atoms with Gasteiger partial charge < -0.3 is 10.2 Å². The lowest BCUT2D eigenvalue weighted by Gasteiger charge is -2.23. The van der Waals surface area contributed by atoms with E-state index in [1.807, 2.05) is 0 Å². The van der Waals surface area contributed by atoms with Crippen LogP contribution in [-0.4, -0.2) is 16.2 Å². The van der Waals surface area contributed by atoms with Crippen molar-refractivity contribution in [3.8, 4) is 0 Å². The topological polar surface area (TPSA) is 57.5 Å². The first kappa shape index (κ1) is 12.6. The van der Waals surface area contributed by atoms with Gasteiger partial charge in [0.25, 0.3) is 0 Å². The van der Waals surface area contributed by atoms with E-state index in [2.05, 4.69) is 0 Å². The maximum absolute atomic E-state index is 13.3. The molecule has 0 amide bonds. The van der Waals surface area contributed by atoms with E-state index in [-0.39, 0.29) is 12.8 Å². The second-order valence-electron chi connectivity index (χ2n) is 4.13. The molecule has 0 heterocycles. The molecule has 0 bridgehead atoms. The number of benzene rings is 1. The Kier molecular flexibility index (Phi) is 3.65. The lowest BCUT2D eigenvalue weighted by molar-refractivity contribution is -0.138. The molecule has 1 aromatic rings. The molecule has 1 atom stereocenters. The number of hydrogen-bond acceptors (Lipinski definition) is 2. The molecule has 0 saturated heterocycles. The summed E-state index contributed by atoms with van der Waals surface area (Å²) in [6.07, 6.45) is -0.0900. The van der Waals surface area contributed by atoms with Gasteiger partial charge in [-0.2, -0.15) is 0 Å². The number of aryl methyl sites for hydroxylation is 1. The summed E-state index contributed by atoms with van der Waals surface area (Å²) in [5.41, 5.74) is -0.415. The van der Waals surface area contributed by atoms with E-state index < -0.39 is 17.4 Å². The van der Waals surface area contributed by atoms with E-state index in [1.54, 1.807) is 19.1 Å². The van der Waals surface area contributed by atoms with Crippen molar-refractivity contribution in [2.45, 2.75) is 32.3 Å². The molecule has 0 spiro atoms. The molecule has 2 N–H and O–H groups in total. The fourth-order valence-corrected chi connectivity index (χ4v) is 1.42. The highest BCUT2D eigenvalue weighted by Gasteiger charge is 2.24. The van der Waals surface area contributed by atoms with E-state index in [9.17, 15) is 14.3 Å². The molecule has 0 aliphatic carbocycles. The Morgan fingerprint density at radius 3 is 2.62 bits per heavy atom. The second-order valence-corrected chi connectivity index (χ2v) is 4.13. The van der Waals surface area contributed by atoms with E-state index in [4.69, 9.17) is 5.11 Å². The van der Waals surface area contributed by atoms with Crippen LogP contribution in [0.3, 0.4) is 0 Å². The molecule has 1 aromatic carbocycles. The van der Waals surface area contributed by atoms with Crippen LogP contribution in [0.15, 0.2) is 18.2 Å². The standard InChI is InChI=1S/C12H15FO3/c1-8-3-4-9(7-10(8)13)12(2,16)6-5-11(14)15/h3-4,7,16H,5-6H2,1-2H3,(H,14,15). The van der Waals surface area contributed by atoms with Gasteiger partial charge in [0.2, 0.25) is 0 Å². The highest BCUT2D eigenvalue weighted by atomic mass is 19.1. The molecular weight excluding hydrogens is 211 g/mol. The predicted octanol–water partition coefficient (Wildman–Crippen LogP) is 2.21. The van der Waals surface area contributed by atoms with Crippen LogP contribution in [0.2, 0.25) is 0 Å². The molecule has 0 radical (unpaired) electrons. The summed E-state index contributed by atoms with van der Waals surface area (Å²) in [5.74, 6) is -1.37. The van der Waals surface area contributed by atoms with Gasteiger partial charge in [0.1, 0.15) is 5.82 Å². The number of carboxylic acid groups (broad SMARTS) is 1. The SMILES string of the molecule is Cc1ccc(C(C)(O)CCC(=O)O)cc1F. The molecular formula is C12H15FO3. The molecule has 4 heteroatoms. The smallest absolute Gasteiger partial charge is 0.303 e. The van der Waals surface area contributed by atoms with Gasteiger partial charge in [0.15, 0.2) is 0 Å². The van der Waals surface area contributed by atoms with Crippen LogP contribution in [0.1, 0.15) is 30.9 Å². The van der Waals surface area contributed by atoms with Crippen LogP contribution in [0, 0.1) is 12.7 Å². The molecule has 0 saturated carbocycles. The summed E-state index contributed by atoms with van der Waals surface area (Å²) < 4.78 is 13.3. The van der Waals surface area contributed by atoms with Crippen LogP contribution >= 0.6 is 0 Å². The number of halogens is 1. The monoisotopic (exact) mass is 226 g/mol. The van der Waals surface area contributed by atoms with Crippen LogP contribution in [0.4, 0.5) is 4.39 Å². The number of carboxylic acids is 1. The zero-order valence-electron chi connectivity index (χ0n) is 9.33. The lowest BCUT2D eigenvalue weighted by Crippen LogP contribution is -2.22. The Labute approximate surface area is 93.5 Å². The van der Waals surface area contributed by atoms with Crippen LogP contribution in [0.5, 0.6) is 0 Å². The van der Waals surface area contributed by atoms with Crippen LogP contribution < -0.4 is 0 Å².